The number of hydrogen-bond acceptors (Lipinski definition) is 3. The summed E-state index contributed by atoms with van der Waals surface area (Å²) in [5.41, 5.74) is 2.24. The van der Waals surface area contributed by atoms with Gasteiger partial charge >= 0.3 is 5.97 Å². The van der Waals surface area contributed by atoms with E-state index in [1.165, 1.54) is 0 Å². The molecule has 0 atom stereocenters. The molecule has 0 amide bonds. The van der Waals surface area contributed by atoms with E-state index in [4.69, 9.17) is 4.74 Å². The Balaban J connectivity index is 2.24. The smallest absolute Gasteiger partial charge is 0.331 e. The van der Waals surface area contributed by atoms with E-state index in [9.17, 15) is 4.79 Å². The van der Waals surface area contributed by atoms with Crippen LogP contribution in [0.2, 0.25) is 0 Å². The average Bonchev–Trinajstić information content (AvgIpc) is 2.47. The molecule has 1 saturated heterocycles. The van der Waals surface area contributed by atoms with Crippen LogP contribution >= 0.6 is 0 Å². The van der Waals surface area contributed by atoms with Crippen LogP contribution in [-0.2, 0) is 9.53 Å². The summed E-state index contributed by atoms with van der Waals surface area (Å²) in [5, 5.41) is 3.36. The molecule has 102 valence electrons. The van der Waals surface area contributed by atoms with E-state index in [2.05, 4.69) is 17.4 Å². The number of piperidine rings is 1. The summed E-state index contributed by atoms with van der Waals surface area (Å²) in [6.07, 6.45) is 3.81. The van der Waals surface area contributed by atoms with E-state index >= 15 is 0 Å². The highest BCUT2D eigenvalue weighted by Gasteiger charge is 2.20. The van der Waals surface area contributed by atoms with Crippen molar-refractivity contribution in [2.45, 2.75) is 19.8 Å². The van der Waals surface area contributed by atoms with Crippen molar-refractivity contribution in [2.24, 2.45) is 5.92 Å². The highest BCUT2D eigenvalue weighted by atomic mass is 16.5. The Hall–Kier alpha value is -1.61. The second-order valence-corrected chi connectivity index (χ2v) is 4.74. The largest absolute Gasteiger partial charge is 0.463 e. The van der Waals surface area contributed by atoms with E-state index in [0.717, 1.165) is 37.1 Å². The topological polar surface area (TPSA) is 38.3 Å². The van der Waals surface area contributed by atoms with Crippen molar-refractivity contribution in [1.29, 1.82) is 0 Å². The number of ether oxygens (including phenoxy) is 1. The van der Waals surface area contributed by atoms with Gasteiger partial charge < -0.3 is 10.1 Å². The van der Waals surface area contributed by atoms with Gasteiger partial charge in [-0.25, -0.2) is 4.79 Å². The van der Waals surface area contributed by atoms with Crippen LogP contribution in [0.3, 0.4) is 0 Å². The Bertz CT molecular complexity index is 433. The Kier molecular flexibility index (Phi) is 5.16. The Morgan fingerprint density at radius 2 is 2.00 bits per heavy atom. The van der Waals surface area contributed by atoms with Crippen molar-refractivity contribution in [3.05, 3.63) is 42.0 Å². The zero-order chi connectivity index (χ0) is 13.5. The van der Waals surface area contributed by atoms with E-state index in [0.29, 0.717) is 12.5 Å². The van der Waals surface area contributed by atoms with Gasteiger partial charge in [-0.3, -0.25) is 0 Å². The lowest BCUT2D eigenvalue weighted by Gasteiger charge is -2.25. The van der Waals surface area contributed by atoms with E-state index in [1.54, 1.807) is 6.08 Å². The third-order valence-corrected chi connectivity index (χ3v) is 3.45. The number of allylic oxidation sites excluding steroid dienone is 1. The van der Waals surface area contributed by atoms with Gasteiger partial charge in [0.15, 0.2) is 0 Å². The van der Waals surface area contributed by atoms with Crippen molar-refractivity contribution in [3.63, 3.8) is 0 Å². The molecule has 1 aromatic carbocycles. The molecule has 2 rings (SSSR count). The van der Waals surface area contributed by atoms with Crippen LogP contribution in [0.25, 0.3) is 5.57 Å². The number of esters is 1. The molecule has 0 aliphatic carbocycles. The quantitative estimate of drug-likeness (QED) is 0.667. The SMILES string of the molecule is CCOC(=O)C=C(c1ccccc1)C1CCNCC1. The molecule has 1 heterocycles. The second kappa shape index (κ2) is 7.10. The molecule has 3 heteroatoms. The highest BCUT2D eigenvalue weighted by molar-refractivity contribution is 5.91. The average molecular weight is 259 g/mol. The summed E-state index contributed by atoms with van der Waals surface area (Å²) in [5.74, 6) is 0.202. The first-order valence-corrected chi connectivity index (χ1v) is 6.95. The van der Waals surface area contributed by atoms with Crippen LogP contribution in [0.5, 0.6) is 0 Å². The molecule has 1 aliphatic heterocycles. The molecule has 0 spiro atoms. The van der Waals surface area contributed by atoms with Crippen molar-refractivity contribution in [2.75, 3.05) is 19.7 Å². The zero-order valence-corrected chi connectivity index (χ0v) is 11.4. The van der Waals surface area contributed by atoms with Crippen LogP contribution in [0.15, 0.2) is 36.4 Å². The molecule has 1 aliphatic rings. The van der Waals surface area contributed by atoms with Crippen molar-refractivity contribution < 1.29 is 9.53 Å². The van der Waals surface area contributed by atoms with Gasteiger partial charge in [0.05, 0.1) is 6.61 Å². The minimum atomic E-state index is -0.236. The number of carbonyl (C=O) groups is 1. The van der Waals surface area contributed by atoms with Crippen LogP contribution in [0, 0.1) is 5.92 Å². The molecule has 1 N–H and O–H groups in total. The lowest BCUT2D eigenvalue weighted by atomic mass is 9.85. The van der Waals surface area contributed by atoms with Crippen molar-refractivity contribution >= 4 is 11.5 Å². The zero-order valence-electron chi connectivity index (χ0n) is 11.4. The fourth-order valence-corrected chi connectivity index (χ4v) is 2.51. The van der Waals surface area contributed by atoms with Gasteiger partial charge in [0.25, 0.3) is 0 Å². The molecule has 3 nitrogen and oxygen atoms in total. The molecule has 19 heavy (non-hydrogen) atoms. The standard InChI is InChI=1S/C16H21NO2/c1-2-19-16(18)12-15(13-6-4-3-5-7-13)14-8-10-17-11-9-14/h3-7,12,14,17H,2,8-11H2,1H3. The summed E-state index contributed by atoms with van der Waals surface area (Å²) in [4.78, 5) is 11.8. The Morgan fingerprint density at radius 3 is 2.63 bits per heavy atom. The maximum Gasteiger partial charge on any atom is 0.331 e. The number of benzene rings is 1. The predicted molar refractivity (Wildman–Crippen MR) is 76.6 cm³/mol. The number of rotatable bonds is 4. The summed E-state index contributed by atoms with van der Waals surface area (Å²) in [6, 6.07) is 10.1. The maximum atomic E-state index is 11.8. The van der Waals surface area contributed by atoms with E-state index < -0.39 is 0 Å². The van der Waals surface area contributed by atoms with Gasteiger partial charge in [0.1, 0.15) is 0 Å². The number of nitrogens with one attached hydrogen (secondary N) is 1. The van der Waals surface area contributed by atoms with Crippen LogP contribution < -0.4 is 5.32 Å². The summed E-state index contributed by atoms with van der Waals surface area (Å²) in [6.45, 7) is 4.28. The van der Waals surface area contributed by atoms with Gasteiger partial charge in [0, 0.05) is 6.08 Å². The minimum Gasteiger partial charge on any atom is -0.463 e. The van der Waals surface area contributed by atoms with Crippen LogP contribution in [0.4, 0.5) is 0 Å². The molecule has 0 aromatic heterocycles. The number of carbonyl (C=O) groups excluding carboxylic acids is 1. The molecule has 0 radical (unpaired) electrons. The molecule has 0 saturated carbocycles. The van der Waals surface area contributed by atoms with Crippen LogP contribution in [-0.4, -0.2) is 25.7 Å². The van der Waals surface area contributed by atoms with Gasteiger partial charge in [-0.1, -0.05) is 30.3 Å². The third-order valence-electron chi connectivity index (χ3n) is 3.45. The third kappa shape index (κ3) is 3.93. The summed E-state index contributed by atoms with van der Waals surface area (Å²) < 4.78 is 5.05. The highest BCUT2D eigenvalue weighted by Crippen LogP contribution is 2.30. The van der Waals surface area contributed by atoms with Gasteiger partial charge in [-0.15, -0.1) is 0 Å². The molecule has 1 fully saturated rings. The summed E-state index contributed by atoms with van der Waals surface area (Å²) in [7, 11) is 0. The first kappa shape index (κ1) is 13.8. The van der Waals surface area contributed by atoms with Crippen LogP contribution in [0.1, 0.15) is 25.3 Å². The molecular weight excluding hydrogens is 238 g/mol. The minimum absolute atomic E-state index is 0.236. The normalized spacial score (nSPS) is 17.2. The lowest BCUT2D eigenvalue weighted by molar-refractivity contribution is -0.137. The first-order valence-electron chi connectivity index (χ1n) is 6.95. The van der Waals surface area contributed by atoms with Gasteiger partial charge in [-0.05, 0) is 49.9 Å². The molecular formula is C16H21NO2. The number of hydrogen-bond donors (Lipinski definition) is 1. The predicted octanol–water partition coefficient (Wildman–Crippen LogP) is 2.63. The second-order valence-electron chi connectivity index (χ2n) is 4.74. The van der Waals surface area contributed by atoms with E-state index in [-0.39, 0.29) is 5.97 Å². The molecule has 0 bridgehead atoms. The first-order chi connectivity index (χ1) is 9.31. The molecule has 1 aromatic rings. The molecule has 0 unspecified atom stereocenters. The van der Waals surface area contributed by atoms with Crippen molar-refractivity contribution in [3.8, 4) is 0 Å². The fourth-order valence-electron chi connectivity index (χ4n) is 2.51. The Labute approximate surface area is 114 Å². The maximum absolute atomic E-state index is 11.8. The van der Waals surface area contributed by atoms with Crippen molar-refractivity contribution in [1.82, 2.24) is 5.32 Å². The van der Waals surface area contributed by atoms with E-state index in [1.807, 2.05) is 25.1 Å². The van der Waals surface area contributed by atoms with Gasteiger partial charge in [0.2, 0.25) is 0 Å². The summed E-state index contributed by atoms with van der Waals surface area (Å²) >= 11 is 0. The fraction of sp³-hybridized carbons (Fsp3) is 0.438. The Morgan fingerprint density at radius 1 is 1.32 bits per heavy atom. The van der Waals surface area contributed by atoms with Gasteiger partial charge in [-0.2, -0.15) is 0 Å². The lowest BCUT2D eigenvalue weighted by Crippen LogP contribution is -2.28. The monoisotopic (exact) mass is 259 g/mol.